The van der Waals surface area contributed by atoms with E-state index in [0.29, 0.717) is 17.5 Å². The number of nitrogens with zero attached hydrogens (tertiary/aromatic N) is 2. The minimum absolute atomic E-state index is 0.181. The molecule has 2 N–H and O–H groups in total. The van der Waals surface area contributed by atoms with Gasteiger partial charge in [0.1, 0.15) is 0 Å². The average Bonchev–Trinajstić information content (AvgIpc) is 3.17. The number of halogens is 1. The van der Waals surface area contributed by atoms with Crippen molar-refractivity contribution in [2.75, 3.05) is 23.3 Å². The van der Waals surface area contributed by atoms with Gasteiger partial charge in [-0.1, -0.05) is 23.7 Å². The number of hydrogen-bond acceptors (Lipinski definition) is 5. The van der Waals surface area contributed by atoms with Crippen LogP contribution in [0.25, 0.3) is 11.3 Å². The van der Waals surface area contributed by atoms with Gasteiger partial charge in [0, 0.05) is 23.7 Å². The van der Waals surface area contributed by atoms with Crippen LogP contribution in [0.4, 0.5) is 11.4 Å². The summed E-state index contributed by atoms with van der Waals surface area (Å²) in [6.45, 7) is 2.22. The number of nitrogens with one attached hydrogen (secondary N) is 1. The SMILES string of the molecule is OC1CCN(c2ccccc2NCc2ncc(-c3ccc(Cl)cc3)o2)CC1. The summed E-state index contributed by atoms with van der Waals surface area (Å²) in [7, 11) is 0. The Labute approximate surface area is 163 Å². The van der Waals surface area contributed by atoms with Crippen molar-refractivity contribution in [1.29, 1.82) is 0 Å². The molecule has 0 unspecified atom stereocenters. The van der Waals surface area contributed by atoms with Gasteiger partial charge in [-0.15, -0.1) is 0 Å². The Bertz CT molecular complexity index is 886. The van der Waals surface area contributed by atoms with Crippen molar-refractivity contribution in [3.63, 3.8) is 0 Å². The quantitative estimate of drug-likeness (QED) is 0.675. The van der Waals surface area contributed by atoms with Crippen LogP contribution in [0, 0.1) is 0 Å². The van der Waals surface area contributed by atoms with Gasteiger partial charge in [0.25, 0.3) is 0 Å². The van der Waals surface area contributed by atoms with E-state index in [4.69, 9.17) is 16.0 Å². The van der Waals surface area contributed by atoms with Crippen molar-refractivity contribution in [2.45, 2.75) is 25.5 Å². The highest BCUT2D eigenvalue weighted by Crippen LogP contribution is 2.29. The Hall–Kier alpha value is -2.50. The van der Waals surface area contributed by atoms with Crippen molar-refractivity contribution in [1.82, 2.24) is 4.98 Å². The van der Waals surface area contributed by atoms with E-state index in [0.717, 1.165) is 48.6 Å². The van der Waals surface area contributed by atoms with E-state index in [1.165, 1.54) is 0 Å². The van der Waals surface area contributed by atoms with Crippen molar-refractivity contribution in [3.05, 3.63) is 65.6 Å². The Morgan fingerprint density at radius 1 is 1.11 bits per heavy atom. The number of hydrogen-bond donors (Lipinski definition) is 2. The first-order valence-corrected chi connectivity index (χ1v) is 9.53. The largest absolute Gasteiger partial charge is 0.439 e. The third kappa shape index (κ3) is 4.26. The Kier molecular flexibility index (Phi) is 5.32. The Morgan fingerprint density at radius 2 is 1.85 bits per heavy atom. The van der Waals surface area contributed by atoms with Gasteiger partial charge in [0.05, 0.1) is 30.2 Å². The predicted octanol–water partition coefficient (Wildman–Crippen LogP) is 4.57. The predicted molar refractivity (Wildman–Crippen MR) is 108 cm³/mol. The summed E-state index contributed by atoms with van der Waals surface area (Å²) < 4.78 is 5.87. The molecule has 2 heterocycles. The van der Waals surface area contributed by atoms with Gasteiger partial charge in [-0.3, -0.25) is 0 Å². The number of rotatable bonds is 5. The van der Waals surface area contributed by atoms with Crippen LogP contribution in [-0.4, -0.2) is 29.3 Å². The molecule has 1 aromatic heterocycles. The van der Waals surface area contributed by atoms with E-state index in [2.05, 4.69) is 27.3 Å². The van der Waals surface area contributed by atoms with E-state index in [9.17, 15) is 5.11 Å². The molecule has 0 bridgehead atoms. The molecular formula is C21H22ClN3O2. The number of oxazole rings is 1. The highest BCUT2D eigenvalue weighted by Gasteiger charge is 2.19. The summed E-state index contributed by atoms with van der Waals surface area (Å²) in [5.74, 6) is 1.35. The monoisotopic (exact) mass is 383 g/mol. The number of aromatic nitrogens is 1. The summed E-state index contributed by atoms with van der Waals surface area (Å²) in [5.41, 5.74) is 3.14. The summed E-state index contributed by atoms with van der Waals surface area (Å²) in [6.07, 6.45) is 3.16. The maximum absolute atomic E-state index is 9.74. The molecule has 140 valence electrons. The van der Waals surface area contributed by atoms with Gasteiger partial charge in [0.2, 0.25) is 5.89 Å². The lowest BCUT2D eigenvalue weighted by atomic mass is 10.1. The molecule has 1 aliphatic heterocycles. The molecule has 4 rings (SSSR count). The van der Waals surface area contributed by atoms with Crippen LogP contribution in [0.15, 0.2) is 59.1 Å². The lowest BCUT2D eigenvalue weighted by Gasteiger charge is -2.32. The van der Waals surface area contributed by atoms with Gasteiger partial charge in [-0.2, -0.15) is 0 Å². The van der Waals surface area contributed by atoms with Crippen molar-refractivity contribution >= 4 is 23.0 Å². The molecule has 0 spiro atoms. The smallest absolute Gasteiger partial charge is 0.214 e. The molecule has 2 aromatic carbocycles. The summed E-state index contributed by atoms with van der Waals surface area (Å²) in [4.78, 5) is 6.68. The molecule has 1 aliphatic rings. The van der Waals surface area contributed by atoms with Gasteiger partial charge in [-0.05, 0) is 49.2 Å². The van der Waals surface area contributed by atoms with Crippen molar-refractivity contribution in [2.24, 2.45) is 0 Å². The minimum atomic E-state index is -0.181. The molecule has 1 saturated heterocycles. The fourth-order valence-electron chi connectivity index (χ4n) is 3.32. The first-order valence-electron chi connectivity index (χ1n) is 9.15. The molecule has 27 heavy (non-hydrogen) atoms. The molecule has 1 fully saturated rings. The van der Waals surface area contributed by atoms with Crippen LogP contribution in [0.5, 0.6) is 0 Å². The first-order chi connectivity index (χ1) is 13.2. The third-order valence-electron chi connectivity index (χ3n) is 4.82. The van der Waals surface area contributed by atoms with Gasteiger partial charge in [-0.25, -0.2) is 4.98 Å². The highest BCUT2D eigenvalue weighted by molar-refractivity contribution is 6.30. The van der Waals surface area contributed by atoms with Crippen molar-refractivity contribution in [3.8, 4) is 11.3 Å². The zero-order chi connectivity index (χ0) is 18.6. The number of aliphatic hydroxyl groups excluding tert-OH is 1. The minimum Gasteiger partial charge on any atom is -0.439 e. The number of piperidine rings is 1. The second kappa shape index (κ2) is 8.03. The van der Waals surface area contributed by atoms with E-state index in [1.807, 2.05) is 36.4 Å². The topological polar surface area (TPSA) is 61.5 Å². The van der Waals surface area contributed by atoms with Gasteiger partial charge in [0.15, 0.2) is 5.76 Å². The zero-order valence-electron chi connectivity index (χ0n) is 14.9. The van der Waals surface area contributed by atoms with Crippen LogP contribution in [0.3, 0.4) is 0 Å². The molecule has 0 radical (unpaired) electrons. The molecule has 6 heteroatoms. The molecule has 0 atom stereocenters. The van der Waals surface area contributed by atoms with E-state index in [-0.39, 0.29) is 6.10 Å². The lowest BCUT2D eigenvalue weighted by molar-refractivity contribution is 0.145. The van der Waals surface area contributed by atoms with Crippen LogP contribution in [0.1, 0.15) is 18.7 Å². The average molecular weight is 384 g/mol. The Balaban J connectivity index is 1.44. The van der Waals surface area contributed by atoms with Crippen LogP contribution in [-0.2, 0) is 6.54 Å². The Morgan fingerprint density at radius 3 is 2.63 bits per heavy atom. The maximum atomic E-state index is 9.74. The van der Waals surface area contributed by atoms with Gasteiger partial charge >= 0.3 is 0 Å². The van der Waals surface area contributed by atoms with E-state index in [1.54, 1.807) is 6.20 Å². The third-order valence-corrected chi connectivity index (χ3v) is 5.07. The summed E-state index contributed by atoms with van der Waals surface area (Å²) in [5, 5.41) is 13.9. The molecule has 3 aromatic rings. The van der Waals surface area contributed by atoms with Crippen molar-refractivity contribution < 1.29 is 9.52 Å². The molecular weight excluding hydrogens is 362 g/mol. The number of aliphatic hydroxyl groups is 1. The second-order valence-corrected chi connectivity index (χ2v) is 7.15. The summed E-state index contributed by atoms with van der Waals surface area (Å²) in [6, 6.07) is 15.7. The van der Waals surface area contributed by atoms with E-state index >= 15 is 0 Å². The molecule has 5 nitrogen and oxygen atoms in total. The molecule has 0 aliphatic carbocycles. The van der Waals surface area contributed by atoms with Crippen LogP contribution >= 0.6 is 11.6 Å². The summed E-state index contributed by atoms with van der Waals surface area (Å²) >= 11 is 5.93. The maximum Gasteiger partial charge on any atom is 0.214 e. The van der Waals surface area contributed by atoms with Crippen LogP contribution < -0.4 is 10.2 Å². The second-order valence-electron chi connectivity index (χ2n) is 6.71. The number of benzene rings is 2. The van der Waals surface area contributed by atoms with E-state index < -0.39 is 0 Å². The first kappa shape index (κ1) is 17.9. The fourth-order valence-corrected chi connectivity index (χ4v) is 3.44. The number of para-hydroxylation sites is 2. The molecule has 0 amide bonds. The fraction of sp³-hybridized carbons (Fsp3) is 0.286. The zero-order valence-corrected chi connectivity index (χ0v) is 15.7. The highest BCUT2D eigenvalue weighted by atomic mass is 35.5. The molecule has 0 saturated carbocycles. The van der Waals surface area contributed by atoms with Crippen LogP contribution in [0.2, 0.25) is 5.02 Å². The van der Waals surface area contributed by atoms with Gasteiger partial charge < -0.3 is 19.7 Å². The number of anilines is 2. The standard InChI is InChI=1S/C21H22ClN3O2/c22-16-7-5-15(6-8-16)20-13-24-21(27-20)14-23-18-3-1-2-4-19(18)25-11-9-17(26)10-12-25/h1-8,13,17,23,26H,9-12,14H2. The lowest BCUT2D eigenvalue weighted by Crippen LogP contribution is -2.36. The normalized spacial score (nSPS) is 15.1.